The van der Waals surface area contributed by atoms with E-state index in [1.807, 2.05) is 0 Å². The molecule has 42 valence electrons. The number of pyridine rings is 1. The fourth-order valence-corrected chi connectivity index (χ4v) is 0.442. The summed E-state index contributed by atoms with van der Waals surface area (Å²) in [6.07, 6.45) is 3.97. The average molecular weight is 131 g/mol. The van der Waals surface area contributed by atoms with E-state index in [4.69, 9.17) is 0 Å². The third-order valence-corrected chi connectivity index (χ3v) is 0.842. The zero-order valence-electron chi connectivity index (χ0n) is 4.24. The molecule has 0 aliphatic heterocycles. The third kappa shape index (κ3) is 2.75. The van der Waals surface area contributed by atoms with Crippen LogP contribution in [0.15, 0.2) is 24.5 Å². The summed E-state index contributed by atoms with van der Waals surface area (Å²) in [6, 6.07) is 3.32. The van der Waals surface area contributed by atoms with Crippen LogP contribution in [0.3, 0.4) is 0 Å². The van der Waals surface area contributed by atoms with Crippen molar-refractivity contribution in [1.82, 2.24) is 4.98 Å². The van der Waals surface area contributed by atoms with Gasteiger partial charge in [-0.2, -0.15) is 0 Å². The first-order chi connectivity index (χ1) is 3.93. The van der Waals surface area contributed by atoms with Crippen LogP contribution >= 0.6 is 0 Å². The Morgan fingerprint density at radius 2 is 1.89 bits per heavy atom. The molecule has 3 heteroatoms. The number of rotatable bonds is 1. The summed E-state index contributed by atoms with van der Waals surface area (Å²) in [5.41, 5.74) is 0.667. The summed E-state index contributed by atoms with van der Waals surface area (Å²) in [4.78, 5) is 13.7. The summed E-state index contributed by atoms with van der Waals surface area (Å²) in [5.74, 6) is 0. The number of nitrogens with zero attached hydrogens (tertiary/aromatic N) is 1. The fraction of sp³-hybridized carbons (Fsp3) is 0. The predicted molar refractivity (Wildman–Crippen MR) is 36.8 cm³/mol. The summed E-state index contributed by atoms with van der Waals surface area (Å²) in [6.45, 7) is 0. The molecule has 0 fully saturated rings. The van der Waals surface area contributed by atoms with Crippen molar-refractivity contribution in [3.05, 3.63) is 30.1 Å². The first-order valence-corrected chi connectivity index (χ1v) is 2.28. The van der Waals surface area contributed by atoms with Crippen LogP contribution in [-0.2, 0) is 0 Å². The van der Waals surface area contributed by atoms with Crippen LogP contribution in [0.4, 0.5) is 0 Å². The van der Waals surface area contributed by atoms with E-state index in [2.05, 4.69) is 4.98 Å². The van der Waals surface area contributed by atoms with Gasteiger partial charge in [0.25, 0.3) is 0 Å². The zero-order chi connectivity index (χ0) is 5.82. The van der Waals surface area contributed by atoms with Crippen molar-refractivity contribution in [2.24, 2.45) is 0 Å². The van der Waals surface area contributed by atoms with Crippen LogP contribution < -0.4 is 0 Å². The molecule has 0 radical (unpaired) electrons. The average Bonchev–Trinajstić information content (AvgIpc) is 1.90. The molecule has 0 aliphatic carbocycles. The number of hydrogen-bond acceptors (Lipinski definition) is 2. The van der Waals surface area contributed by atoms with Crippen molar-refractivity contribution in [2.45, 2.75) is 0 Å². The van der Waals surface area contributed by atoms with Gasteiger partial charge in [0.05, 0.1) is 0 Å². The van der Waals surface area contributed by atoms with E-state index in [0.717, 1.165) is 6.29 Å². The number of aromatic nitrogens is 1. The first-order valence-electron chi connectivity index (χ1n) is 2.28. The maximum absolute atomic E-state index is 9.98. The molecule has 0 aromatic carbocycles. The molecule has 0 bridgehead atoms. The first kappa shape index (κ1) is 8.82. The molecule has 0 N–H and O–H groups in total. The Morgan fingerprint density at radius 3 is 2.22 bits per heavy atom. The van der Waals surface area contributed by atoms with E-state index in [-0.39, 0.29) is 29.6 Å². The topological polar surface area (TPSA) is 30.0 Å². The zero-order valence-corrected chi connectivity index (χ0v) is 4.24. The second-order valence-electron chi connectivity index (χ2n) is 1.40. The quantitative estimate of drug-likeness (QED) is 0.404. The molecule has 1 heterocycles. The van der Waals surface area contributed by atoms with Crippen molar-refractivity contribution < 1.29 is 4.79 Å². The van der Waals surface area contributed by atoms with E-state index in [0.29, 0.717) is 5.56 Å². The second kappa shape index (κ2) is 4.68. The molecule has 0 unspecified atom stereocenters. The third-order valence-electron chi connectivity index (χ3n) is 0.842. The number of aldehydes is 1. The molecule has 1 aromatic rings. The molecule has 0 atom stereocenters. The van der Waals surface area contributed by atoms with Crippen molar-refractivity contribution in [1.29, 1.82) is 0 Å². The van der Waals surface area contributed by atoms with Gasteiger partial charge in [0.15, 0.2) is 0 Å². The van der Waals surface area contributed by atoms with Gasteiger partial charge in [-0.3, -0.25) is 9.78 Å². The van der Waals surface area contributed by atoms with Crippen molar-refractivity contribution in [2.75, 3.05) is 0 Å². The van der Waals surface area contributed by atoms with E-state index < -0.39 is 0 Å². The normalized spacial score (nSPS) is 7.56. The van der Waals surface area contributed by atoms with Gasteiger partial charge in [0.2, 0.25) is 0 Å². The van der Waals surface area contributed by atoms with Crippen LogP contribution in [-0.4, -0.2) is 40.8 Å². The van der Waals surface area contributed by atoms with E-state index in [9.17, 15) is 4.79 Å². The molecule has 0 saturated carbocycles. The molecular formula is C6H6NNaO. The van der Waals surface area contributed by atoms with Gasteiger partial charge in [-0.05, 0) is 12.1 Å². The molecule has 0 saturated heterocycles. The minimum atomic E-state index is 0. The van der Waals surface area contributed by atoms with Gasteiger partial charge in [-0.1, -0.05) is 0 Å². The van der Waals surface area contributed by atoms with Crippen LogP contribution in [0.2, 0.25) is 0 Å². The van der Waals surface area contributed by atoms with Crippen LogP contribution in [0.5, 0.6) is 0 Å². The monoisotopic (exact) mass is 131 g/mol. The Labute approximate surface area is 75.6 Å². The second-order valence-corrected chi connectivity index (χ2v) is 1.40. The predicted octanol–water partition coefficient (Wildman–Crippen LogP) is 0.246. The maximum atomic E-state index is 9.98. The molecule has 9 heavy (non-hydrogen) atoms. The van der Waals surface area contributed by atoms with Gasteiger partial charge in [-0.25, -0.2) is 0 Å². The summed E-state index contributed by atoms with van der Waals surface area (Å²) < 4.78 is 0. The van der Waals surface area contributed by atoms with Crippen LogP contribution in [0, 0.1) is 0 Å². The van der Waals surface area contributed by atoms with Crippen molar-refractivity contribution >= 4 is 35.8 Å². The fourth-order valence-electron chi connectivity index (χ4n) is 0.442. The van der Waals surface area contributed by atoms with Gasteiger partial charge in [0, 0.05) is 18.0 Å². The molecule has 1 aromatic heterocycles. The number of carbonyl (C=O) groups excluding carboxylic acids is 1. The van der Waals surface area contributed by atoms with E-state index >= 15 is 0 Å². The molecule has 0 aliphatic rings. The van der Waals surface area contributed by atoms with Crippen molar-refractivity contribution in [3.63, 3.8) is 0 Å². The van der Waals surface area contributed by atoms with Crippen LogP contribution in [0.25, 0.3) is 0 Å². The van der Waals surface area contributed by atoms with Gasteiger partial charge in [-0.15, -0.1) is 0 Å². The Morgan fingerprint density at radius 1 is 1.33 bits per heavy atom. The van der Waals surface area contributed by atoms with E-state index in [1.165, 1.54) is 0 Å². The minimum absolute atomic E-state index is 0. The van der Waals surface area contributed by atoms with Crippen molar-refractivity contribution in [3.8, 4) is 0 Å². The van der Waals surface area contributed by atoms with E-state index in [1.54, 1.807) is 24.5 Å². The Bertz CT molecular complexity index is 176. The molecular weight excluding hydrogens is 125 g/mol. The summed E-state index contributed by atoms with van der Waals surface area (Å²) in [7, 11) is 0. The Kier molecular flexibility index (Phi) is 4.58. The summed E-state index contributed by atoms with van der Waals surface area (Å²) in [5, 5.41) is 0. The standard InChI is InChI=1S/C6H5NO.Na.H/c8-5-6-1-3-7-4-2-6;;/h1-5H;;. The van der Waals surface area contributed by atoms with Crippen LogP contribution in [0.1, 0.15) is 10.4 Å². The molecule has 1 rings (SSSR count). The Hall–Kier alpha value is -0.180. The molecule has 0 spiro atoms. The number of carbonyl (C=O) groups is 1. The van der Waals surface area contributed by atoms with Gasteiger partial charge >= 0.3 is 29.6 Å². The molecule has 0 amide bonds. The van der Waals surface area contributed by atoms with Gasteiger partial charge < -0.3 is 0 Å². The Balaban J connectivity index is 0.000000640. The SMILES string of the molecule is O=Cc1ccncc1.[NaH]. The van der Waals surface area contributed by atoms with Gasteiger partial charge in [0.1, 0.15) is 6.29 Å². The number of hydrogen-bond donors (Lipinski definition) is 0. The molecule has 2 nitrogen and oxygen atoms in total. The summed E-state index contributed by atoms with van der Waals surface area (Å²) >= 11 is 0.